The molecule has 0 rings (SSSR count). The van der Waals surface area contributed by atoms with Crippen molar-refractivity contribution in [2.45, 2.75) is 201 Å². The van der Waals surface area contributed by atoms with Crippen LogP contribution in [0.3, 0.4) is 0 Å². The molecule has 0 saturated carbocycles. The Morgan fingerprint density at radius 3 is 0.632 bits per heavy atom. The lowest BCUT2D eigenvalue weighted by Crippen LogP contribution is -2.45. The van der Waals surface area contributed by atoms with Crippen molar-refractivity contribution in [3.05, 3.63) is 0 Å². The van der Waals surface area contributed by atoms with Gasteiger partial charge >= 0.3 is 0 Å². The van der Waals surface area contributed by atoms with Crippen LogP contribution in [-0.2, 0) is 71.1 Å². The Balaban J connectivity index is 7.25. The predicted molar refractivity (Wildman–Crippen MR) is 341 cm³/mol. The van der Waals surface area contributed by atoms with Gasteiger partial charge in [0.2, 0.25) is 5.91 Å². The summed E-state index contributed by atoms with van der Waals surface area (Å²) in [5, 5.41) is 158. The second kappa shape index (κ2) is 66.8. The number of aliphatic hydroxyl groups is 16. The molecule has 0 aromatic heterocycles. The molecule has 17 N–H and O–H groups in total. The number of aliphatic hydroxyl groups excluding tert-OH is 16. The van der Waals surface area contributed by atoms with E-state index in [-0.39, 0.29) is 158 Å². The van der Waals surface area contributed by atoms with Crippen molar-refractivity contribution in [1.29, 1.82) is 0 Å². The van der Waals surface area contributed by atoms with Gasteiger partial charge in [-0.3, -0.25) is 4.79 Å². The van der Waals surface area contributed by atoms with E-state index in [4.69, 9.17) is 66.3 Å². The van der Waals surface area contributed by atoms with Gasteiger partial charge in [-0.15, -0.1) is 0 Å². The minimum Gasteiger partial charge on any atom is -0.394 e. The first kappa shape index (κ1) is 93.3. The van der Waals surface area contributed by atoms with E-state index in [9.17, 15) is 86.5 Å². The van der Waals surface area contributed by atoms with Gasteiger partial charge in [0.15, 0.2) is 0 Å². The first-order valence-corrected chi connectivity index (χ1v) is 33.9. The maximum Gasteiger partial charge on any atom is 0.220 e. The molecule has 570 valence electrons. The summed E-state index contributed by atoms with van der Waals surface area (Å²) in [6.45, 7) is -8.18. The van der Waals surface area contributed by atoms with E-state index in [0.29, 0.717) is 6.42 Å². The molecular weight excluding hydrogens is 1270 g/mol. The summed E-state index contributed by atoms with van der Waals surface area (Å²) in [6.07, 6.45) is 1.57. The Morgan fingerprint density at radius 1 is 0.253 bits per heavy atom. The van der Waals surface area contributed by atoms with Crippen molar-refractivity contribution in [3.63, 3.8) is 0 Å². The van der Waals surface area contributed by atoms with Crippen LogP contribution in [0.25, 0.3) is 0 Å². The summed E-state index contributed by atoms with van der Waals surface area (Å²) in [7, 11) is 0. The van der Waals surface area contributed by atoms with Crippen LogP contribution in [0.5, 0.6) is 0 Å². The maximum atomic E-state index is 14.0. The molecule has 95 heavy (non-hydrogen) atoms. The highest BCUT2D eigenvalue weighted by Gasteiger charge is 2.26. The Hall–Kier alpha value is -1.73. The largest absolute Gasteiger partial charge is 0.394 e. The van der Waals surface area contributed by atoms with Gasteiger partial charge in [-0.2, -0.15) is 0 Å². The molecule has 0 heterocycles. The minimum absolute atomic E-state index is 0.143. The lowest BCUT2D eigenvalue weighted by atomic mass is 10.0. The van der Waals surface area contributed by atoms with Gasteiger partial charge in [0, 0.05) is 6.42 Å². The number of rotatable bonds is 75. The molecule has 0 radical (unpaired) electrons. The molecular formula is C63H127NO31. The van der Waals surface area contributed by atoms with Crippen molar-refractivity contribution in [3.8, 4) is 0 Å². The average molecular weight is 1390 g/mol. The van der Waals surface area contributed by atoms with E-state index in [1.165, 1.54) is 57.8 Å². The SMILES string of the molecule is CCCCCCCCCCCCCCCCCC(=O)NC(COC(COC(COCC(O)CO)COCC(O)CO)COC(COCC(O)CO)COCC(O)CO)COC(COC(COCC(O)CO)COCC(O)CO)COC(COCC(O)CO)COCC(O)CO. The van der Waals surface area contributed by atoms with Crippen LogP contribution in [-0.4, -0.2) is 377 Å². The van der Waals surface area contributed by atoms with Gasteiger partial charge < -0.3 is 153 Å². The molecule has 0 spiro atoms. The zero-order valence-electron chi connectivity index (χ0n) is 56.5. The van der Waals surface area contributed by atoms with Crippen molar-refractivity contribution >= 4 is 5.91 Å². The quantitative estimate of drug-likeness (QED) is 0.0258. The van der Waals surface area contributed by atoms with E-state index >= 15 is 0 Å². The van der Waals surface area contributed by atoms with Crippen LogP contribution in [0.4, 0.5) is 0 Å². The Labute approximate surface area is 561 Å². The highest BCUT2D eigenvalue weighted by atomic mass is 16.6. The number of carbonyl (C=O) groups is 1. The van der Waals surface area contributed by atoms with Crippen molar-refractivity contribution < 1.29 is 153 Å². The lowest BCUT2D eigenvalue weighted by Gasteiger charge is -2.29. The Bertz CT molecular complexity index is 1380. The molecule has 8 atom stereocenters. The second-order valence-corrected chi connectivity index (χ2v) is 23.7. The fourth-order valence-electron chi connectivity index (χ4n) is 8.54. The molecule has 32 nitrogen and oxygen atoms in total. The molecule has 0 fully saturated rings. The van der Waals surface area contributed by atoms with Gasteiger partial charge in [-0.25, -0.2) is 0 Å². The molecule has 0 aliphatic rings. The van der Waals surface area contributed by atoms with Gasteiger partial charge in [0.1, 0.15) is 85.5 Å². The number of hydrogen-bond donors (Lipinski definition) is 17. The molecule has 0 aromatic carbocycles. The van der Waals surface area contributed by atoms with Gasteiger partial charge in [-0.05, 0) is 6.42 Å². The smallest absolute Gasteiger partial charge is 0.220 e. The normalized spacial score (nSPS) is 16.9. The highest BCUT2D eigenvalue weighted by Crippen LogP contribution is 2.15. The summed E-state index contributed by atoms with van der Waals surface area (Å²) >= 11 is 0. The molecule has 0 aliphatic carbocycles. The minimum atomic E-state index is -1.22. The first-order valence-electron chi connectivity index (χ1n) is 33.9. The van der Waals surface area contributed by atoms with Crippen molar-refractivity contribution in [2.75, 3.05) is 198 Å². The molecule has 0 saturated heterocycles. The summed E-state index contributed by atoms with van der Waals surface area (Å²) < 4.78 is 82.8. The number of carbonyl (C=O) groups excluding carboxylic acids is 1. The Kier molecular flexibility index (Phi) is 65.6. The number of nitrogens with one attached hydrogen (secondary N) is 1. The van der Waals surface area contributed by atoms with Crippen LogP contribution in [0.2, 0.25) is 0 Å². The van der Waals surface area contributed by atoms with Crippen LogP contribution in [0.15, 0.2) is 0 Å². The fraction of sp³-hybridized carbons (Fsp3) is 0.984. The van der Waals surface area contributed by atoms with E-state index < -0.39 is 144 Å². The molecule has 1 amide bonds. The van der Waals surface area contributed by atoms with Gasteiger partial charge in [-0.1, -0.05) is 96.8 Å². The van der Waals surface area contributed by atoms with E-state index in [1.54, 1.807) is 0 Å². The zero-order valence-corrected chi connectivity index (χ0v) is 56.5. The highest BCUT2D eigenvalue weighted by molar-refractivity contribution is 5.76. The first-order chi connectivity index (χ1) is 46.0. The molecule has 8 unspecified atom stereocenters. The van der Waals surface area contributed by atoms with Gasteiger partial charge in [0.25, 0.3) is 0 Å². The van der Waals surface area contributed by atoms with Crippen molar-refractivity contribution in [1.82, 2.24) is 5.32 Å². The monoisotopic (exact) mass is 1390 g/mol. The van der Waals surface area contributed by atoms with Crippen LogP contribution in [0, 0.1) is 0 Å². The third-order valence-corrected chi connectivity index (χ3v) is 14.1. The standard InChI is InChI=1S/C63H127NO31/c1-2-3-4-5-6-7-8-9-10-11-12-13-14-15-16-17-63(81)64-48(26-90-61(44-92-57(36-82-28-49(73)18-65)37-83-29-50(74)19-66)45-93-58(38-84-30-51(75)20-67)39-85-31-52(76)21-68)27-91-62(46-94-59(40-86-32-53(77)22-69)41-87-33-54(78)23-70)47-95-60(42-88-34-55(79)24-71)43-89-35-56(80)25-72/h48-62,65-80H,2-47H2,1H3,(H,64,81). The summed E-state index contributed by atoms with van der Waals surface area (Å²) in [6, 6.07) is -0.960. The molecule has 32 heteroatoms. The van der Waals surface area contributed by atoms with E-state index in [0.717, 1.165) is 32.1 Å². The maximum absolute atomic E-state index is 14.0. The molecule has 0 aromatic rings. The molecule has 0 aliphatic heterocycles. The van der Waals surface area contributed by atoms with E-state index in [1.807, 2.05) is 0 Å². The van der Waals surface area contributed by atoms with Crippen LogP contribution in [0.1, 0.15) is 110 Å². The predicted octanol–water partition coefficient (Wildman–Crippen LogP) is -4.00. The zero-order chi connectivity index (χ0) is 70.4. The third kappa shape index (κ3) is 58.6. The molecule has 0 bridgehead atoms. The number of ether oxygens (including phenoxy) is 14. The number of unbranched alkanes of at least 4 members (excludes halogenated alkanes) is 14. The van der Waals surface area contributed by atoms with E-state index in [2.05, 4.69) is 12.2 Å². The van der Waals surface area contributed by atoms with Crippen molar-refractivity contribution in [2.24, 2.45) is 0 Å². The summed E-state index contributed by atoms with van der Waals surface area (Å²) in [4.78, 5) is 14.0. The Morgan fingerprint density at radius 2 is 0.432 bits per heavy atom. The summed E-state index contributed by atoms with van der Waals surface area (Å²) in [5.41, 5.74) is 0. The topological polar surface area (TPSA) is 482 Å². The van der Waals surface area contributed by atoms with Crippen LogP contribution >= 0.6 is 0 Å². The summed E-state index contributed by atoms with van der Waals surface area (Å²) in [5.74, 6) is -0.340. The number of hydrogen-bond acceptors (Lipinski definition) is 31. The fourth-order valence-corrected chi connectivity index (χ4v) is 8.54. The lowest BCUT2D eigenvalue weighted by molar-refractivity contribution is -0.150. The van der Waals surface area contributed by atoms with Crippen LogP contribution < -0.4 is 5.32 Å². The van der Waals surface area contributed by atoms with Gasteiger partial charge in [0.05, 0.1) is 204 Å². The third-order valence-electron chi connectivity index (χ3n) is 14.1. The number of amides is 1. The second-order valence-electron chi connectivity index (χ2n) is 23.7. The average Bonchev–Trinajstić information content (AvgIpc) is 3.79.